The number of aliphatic hydroxyl groups excluding tert-OH is 1. The van der Waals surface area contributed by atoms with Crippen LogP contribution >= 0.6 is 0 Å². The maximum Gasteiger partial charge on any atom is 0.407 e. The molecule has 14 heteroatoms. The molecule has 4 N–H and O–H groups in total. The summed E-state index contributed by atoms with van der Waals surface area (Å²) in [6, 6.07) is 14.1. The van der Waals surface area contributed by atoms with Crippen molar-refractivity contribution in [3.63, 3.8) is 0 Å². The third-order valence-corrected chi connectivity index (χ3v) is 14.3. The minimum absolute atomic E-state index is 0.0149. The van der Waals surface area contributed by atoms with Crippen molar-refractivity contribution in [3.05, 3.63) is 95.9 Å². The van der Waals surface area contributed by atoms with E-state index in [1.807, 2.05) is 38.1 Å². The van der Waals surface area contributed by atoms with E-state index < -0.39 is 70.4 Å². The Morgan fingerprint density at radius 3 is 2.41 bits per heavy atom. The number of ketones is 2. The SMILES string of the molecule is C[C@@H]1C[C@H]2[C@@H]3CCC4=CC(=O)C=C[C@]4(C)[C@H]3[C@@H](O)C[C@]2(C)[C@@]1(O)C(=O)COC(=O)CCC(=O)OCc1ccc(C(CNC(=O)OC(C)(C)C)C(=O)Nc2ccc3cnccc3c2)cc1. The van der Waals surface area contributed by atoms with Gasteiger partial charge in [-0.05, 0) is 111 Å². The summed E-state index contributed by atoms with van der Waals surface area (Å²) in [7, 11) is 0. The lowest BCUT2D eigenvalue weighted by atomic mass is 9.46. The standard InChI is InChI=1S/C50H59N3O11/c1-29-21-39-37-14-12-34-23-36(54)17-19-48(34,5)44(37)40(55)24-49(39,6)50(29,61)41(56)28-63-43(58)16-15-42(57)62-27-30-7-9-31(10-8-30)38(26-52-46(60)64-47(2,3)4)45(59)53-35-13-11-33-25-51-20-18-32(33)22-35/h7-11,13,17-20,22-23,25,29,37-40,44,55,61H,12,14-16,21,24,26-28H2,1-6H3,(H,52,60)(H,53,59)/t29-,37+,38?,39+,40+,44-,48+,49+,50+/m1/s1. The van der Waals surface area contributed by atoms with Crippen LogP contribution in [0.5, 0.6) is 0 Å². The summed E-state index contributed by atoms with van der Waals surface area (Å²) in [5, 5.41) is 31.4. The van der Waals surface area contributed by atoms with Crippen molar-refractivity contribution in [2.24, 2.45) is 34.5 Å². The zero-order valence-corrected chi connectivity index (χ0v) is 37.3. The number of benzene rings is 2. The van der Waals surface area contributed by atoms with Crippen LogP contribution in [-0.4, -0.2) is 81.2 Å². The topological polar surface area (TPSA) is 208 Å². The summed E-state index contributed by atoms with van der Waals surface area (Å²) in [6.45, 7) is 10.1. The molecule has 4 aliphatic carbocycles. The van der Waals surface area contributed by atoms with Crippen LogP contribution in [0.2, 0.25) is 0 Å². The maximum atomic E-state index is 13.9. The zero-order chi connectivity index (χ0) is 46.2. The van der Waals surface area contributed by atoms with Gasteiger partial charge in [0.2, 0.25) is 11.7 Å². The number of anilines is 1. The summed E-state index contributed by atoms with van der Waals surface area (Å²) in [5.41, 5.74) is -1.25. The van der Waals surface area contributed by atoms with Crippen LogP contribution in [0.1, 0.15) is 97.1 Å². The first kappa shape index (κ1) is 46.3. The van der Waals surface area contributed by atoms with E-state index in [0.717, 1.165) is 22.8 Å². The number of alkyl carbamates (subject to hydrolysis) is 1. The van der Waals surface area contributed by atoms with Crippen LogP contribution in [0.25, 0.3) is 10.8 Å². The summed E-state index contributed by atoms with van der Waals surface area (Å²) < 4.78 is 16.1. The molecule has 0 spiro atoms. The van der Waals surface area contributed by atoms with Gasteiger partial charge in [0.05, 0.1) is 24.9 Å². The number of carbonyl (C=O) groups is 6. The highest BCUT2D eigenvalue weighted by Gasteiger charge is 2.70. The third kappa shape index (κ3) is 9.26. The molecular formula is C50H59N3O11. The number of hydrogen-bond acceptors (Lipinski definition) is 12. The van der Waals surface area contributed by atoms with Crippen LogP contribution in [0, 0.1) is 34.5 Å². The Labute approximate surface area is 373 Å². The number of Topliss-reactive ketones (excluding diaryl/α,β-unsaturated/α-hetero) is 1. The fourth-order valence-electron chi connectivity index (χ4n) is 11.1. The number of fused-ring (bicyclic) bond motifs is 6. The molecule has 340 valence electrons. The molecule has 7 rings (SSSR count). The van der Waals surface area contributed by atoms with E-state index in [4.69, 9.17) is 14.2 Å². The van der Waals surface area contributed by atoms with E-state index in [-0.39, 0.29) is 61.9 Å². The third-order valence-electron chi connectivity index (χ3n) is 14.3. The second-order valence-electron chi connectivity index (χ2n) is 19.5. The molecule has 1 heterocycles. The van der Waals surface area contributed by atoms with Crippen LogP contribution in [0.15, 0.2) is 84.7 Å². The molecule has 3 saturated carbocycles. The maximum absolute atomic E-state index is 13.9. The van der Waals surface area contributed by atoms with Gasteiger partial charge >= 0.3 is 18.0 Å². The fourth-order valence-corrected chi connectivity index (χ4v) is 11.1. The van der Waals surface area contributed by atoms with Crippen LogP contribution in [0.4, 0.5) is 10.5 Å². The first-order valence-electron chi connectivity index (χ1n) is 22.1. The summed E-state index contributed by atoms with van der Waals surface area (Å²) >= 11 is 0. The number of aromatic nitrogens is 1. The number of aliphatic hydroxyl groups is 2. The van der Waals surface area contributed by atoms with Crippen molar-refractivity contribution in [2.45, 2.75) is 110 Å². The highest BCUT2D eigenvalue weighted by molar-refractivity contribution is 6.01. The molecule has 0 bridgehead atoms. The average molecular weight is 878 g/mol. The van der Waals surface area contributed by atoms with E-state index >= 15 is 0 Å². The van der Waals surface area contributed by atoms with Crippen LogP contribution in [0.3, 0.4) is 0 Å². The number of hydrogen-bond donors (Lipinski definition) is 4. The van der Waals surface area contributed by atoms with Gasteiger partial charge in [-0.1, -0.05) is 62.8 Å². The number of rotatable bonds is 13. The molecule has 2 aromatic carbocycles. The van der Waals surface area contributed by atoms with Gasteiger partial charge in [0.25, 0.3) is 0 Å². The summed E-state index contributed by atoms with van der Waals surface area (Å²) in [6.07, 6.45) is 8.60. The zero-order valence-electron chi connectivity index (χ0n) is 37.3. The van der Waals surface area contributed by atoms with Crippen molar-refractivity contribution in [3.8, 4) is 0 Å². The van der Waals surface area contributed by atoms with Gasteiger partial charge in [-0.3, -0.25) is 29.0 Å². The second-order valence-corrected chi connectivity index (χ2v) is 19.5. The minimum Gasteiger partial charge on any atom is -0.461 e. The molecule has 14 nitrogen and oxygen atoms in total. The number of carbonyl (C=O) groups excluding carboxylic acids is 6. The van der Waals surface area contributed by atoms with Crippen molar-refractivity contribution in [2.75, 3.05) is 18.5 Å². The van der Waals surface area contributed by atoms with E-state index in [2.05, 4.69) is 22.5 Å². The number of allylic oxidation sites excluding steroid dienone is 4. The molecule has 2 amide bonds. The van der Waals surface area contributed by atoms with Gasteiger partial charge in [-0.25, -0.2) is 4.79 Å². The number of amides is 2. The van der Waals surface area contributed by atoms with E-state index in [1.54, 1.807) is 75.6 Å². The van der Waals surface area contributed by atoms with Gasteiger partial charge in [0.1, 0.15) is 17.8 Å². The summed E-state index contributed by atoms with van der Waals surface area (Å²) in [5.74, 6) is -4.00. The number of nitrogens with one attached hydrogen (secondary N) is 2. The first-order valence-corrected chi connectivity index (χ1v) is 22.1. The van der Waals surface area contributed by atoms with Crippen molar-refractivity contribution in [1.29, 1.82) is 0 Å². The Bertz CT molecular complexity index is 2390. The Hall–Kier alpha value is -5.73. The Morgan fingerprint density at radius 1 is 0.969 bits per heavy atom. The molecule has 0 saturated heterocycles. The first-order chi connectivity index (χ1) is 30.2. The smallest absolute Gasteiger partial charge is 0.407 e. The highest BCUT2D eigenvalue weighted by Crippen LogP contribution is 2.68. The lowest BCUT2D eigenvalue weighted by Crippen LogP contribution is -2.62. The molecular weight excluding hydrogens is 819 g/mol. The number of nitrogens with zero attached hydrogens (tertiary/aromatic N) is 1. The summed E-state index contributed by atoms with van der Waals surface area (Å²) in [4.78, 5) is 81.9. The Morgan fingerprint density at radius 2 is 1.69 bits per heavy atom. The van der Waals surface area contributed by atoms with Gasteiger partial charge in [0, 0.05) is 46.8 Å². The van der Waals surface area contributed by atoms with Gasteiger partial charge < -0.3 is 35.1 Å². The molecule has 4 aliphatic rings. The molecule has 3 fully saturated rings. The van der Waals surface area contributed by atoms with Crippen LogP contribution in [-0.2, 0) is 44.8 Å². The minimum atomic E-state index is -1.85. The van der Waals surface area contributed by atoms with Crippen LogP contribution < -0.4 is 10.6 Å². The van der Waals surface area contributed by atoms with Crippen molar-refractivity contribution >= 4 is 52.0 Å². The van der Waals surface area contributed by atoms with E-state index in [0.29, 0.717) is 29.7 Å². The number of ether oxygens (including phenoxy) is 3. The van der Waals surface area contributed by atoms with Gasteiger partial charge in [0.15, 0.2) is 12.4 Å². The average Bonchev–Trinajstić information content (AvgIpc) is 3.45. The number of esters is 2. The predicted octanol–water partition coefficient (Wildman–Crippen LogP) is 6.67. The predicted molar refractivity (Wildman–Crippen MR) is 236 cm³/mol. The number of pyridine rings is 1. The Balaban J connectivity index is 0.907. The largest absolute Gasteiger partial charge is 0.461 e. The fraction of sp³-hybridized carbons (Fsp3) is 0.500. The molecule has 9 atom stereocenters. The molecule has 1 aromatic heterocycles. The molecule has 0 radical (unpaired) electrons. The monoisotopic (exact) mass is 877 g/mol. The lowest BCUT2D eigenvalue weighted by Gasteiger charge is -2.59. The van der Waals surface area contributed by atoms with Gasteiger partial charge in [-0.15, -0.1) is 0 Å². The lowest BCUT2D eigenvalue weighted by molar-refractivity contribution is -0.186. The molecule has 1 unspecified atom stereocenters. The quantitative estimate of drug-likeness (QED) is 0.105. The van der Waals surface area contributed by atoms with Gasteiger partial charge in [-0.2, -0.15) is 0 Å². The molecule has 3 aromatic rings. The van der Waals surface area contributed by atoms with Crippen molar-refractivity contribution in [1.82, 2.24) is 10.3 Å². The Kier molecular flexibility index (Phi) is 13.0. The van der Waals surface area contributed by atoms with E-state index in [9.17, 15) is 39.0 Å². The molecule has 64 heavy (non-hydrogen) atoms. The van der Waals surface area contributed by atoms with Crippen molar-refractivity contribution < 1.29 is 53.2 Å². The highest BCUT2D eigenvalue weighted by atomic mass is 16.6. The normalized spacial score (nSPS) is 28.7. The molecule has 0 aliphatic heterocycles. The van der Waals surface area contributed by atoms with E-state index in [1.165, 1.54) is 0 Å². The second kappa shape index (κ2) is 18.0.